The number of benzene rings is 2. The fourth-order valence-electron chi connectivity index (χ4n) is 2.33. The van der Waals surface area contributed by atoms with Crippen LogP contribution >= 0.6 is 11.6 Å². The van der Waals surface area contributed by atoms with Gasteiger partial charge in [-0.15, -0.1) is 0 Å². The Morgan fingerprint density at radius 3 is 2.41 bits per heavy atom. The van der Waals surface area contributed by atoms with Crippen LogP contribution in [0.3, 0.4) is 0 Å². The number of hydrogen-bond acceptors (Lipinski definition) is 3. The van der Waals surface area contributed by atoms with E-state index in [0.717, 1.165) is 0 Å². The van der Waals surface area contributed by atoms with Gasteiger partial charge in [0, 0.05) is 18.3 Å². The van der Waals surface area contributed by atoms with E-state index in [4.69, 9.17) is 11.6 Å². The first-order chi connectivity index (χ1) is 12.7. The highest BCUT2D eigenvalue weighted by atomic mass is 35.5. The summed E-state index contributed by atoms with van der Waals surface area (Å²) in [6.45, 7) is 4.52. The van der Waals surface area contributed by atoms with Crippen LogP contribution in [0, 0.1) is 12.7 Å². The lowest BCUT2D eigenvalue weighted by molar-refractivity contribution is -0.117. The molecule has 2 aromatic carbocycles. The minimum atomic E-state index is -0.873. The number of anilines is 2. The third-order valence-electron chi connectivity index (χ3n) is 3.72. The van der Waals surface area contributed by atoms with Crippen molar-refractivity contribution in [2.75, 3.05) is 10.6 Å². The lowest BCUT2D eigenvalue weighted by Crippen LogP contribution is -2.41. The molecular weight excluding hydrogens is 373 g/mol. The van der Waals surface area contributed by atoms with Crippen molar-refractivity contribution in [1.82, 2.24) is 5.32 Å². The molecule has 0 saturated carbocycles. The molecule has 2 aromatic rings. The number of nitrogens with one attached hydrogen (secondary N) is 3. The molecule has 0 aliphatic heterocycles. The number of halogens is 2. The number of hydrogen-bond donors (Lipinski definition) is 3. The maximum atomic E-state index is 13.1. The van der Waals surface area contributed by atoms with Gasteiger partial charge in [-0.05, 0) is 55.8 Å². The zero-order chi connectivity index (χ0) is 20.1. The van der Waals surface area contributed by atoms with Gasteiger partial charge in [-0.3, -0.25) is 14.4 Å². The van der Waals surface area contributed by atoms with E-state index in [1.807, 2.05) is 0 Å². The average molecular weight is 392 g/mol. The molecule has 1 atom stereocenters. The second kappa shape index (κ2) is 8.64. The summed E-state index contributed by atoms with van der Waals surface area (Å²) in [4.78, 5) is 35.9. The Labute approximate surface area is 161 Å². The lowest BCUT2D eigenvalue weighted by Gasteiger charge is -2.16. The Morgan fingerprint density at radius 1 is 1.07 bits per heavy atom. The van der Waals surface area contributed by atoms with E-state index in [-0.39, 0.29) is 16.5 Å². The van der Waals surface area contributed by atoms with Crippen molar-refractivity contribution in [2.45, 2.75) is 26.8 Å². The summed E-state index contributed by atoms with van der Waals surface area (Å²) in [5.41, 5.74) is 1.55. The minimum absolute atomic E-state index is 0.125. The van der Waals surface area contributed by atoms with Gasteiger partial charge in [0.15, 0.2) is 0 Å². The van der Waals surface area contributed by atoms with E-state index in [9.17, 15) is 18.8 Å². The van der Waals surface area contributed by atoms with Gasteiger partial charge < -0.3 is 16.0 Å². The summed E-state index contributed by atoms with van der Waals surface area (Å²) < 4.78 is 13.1. The molecule has 2 rings (SSSR count). The molecular formula is C19H19ClFN3O3. The van der Waals surface area contributed by atoms with Gasteiger partial charge in [0.2, 0.25) is 11.8 Å². The Bertz CT molecular complexity index is 902. The van der Waals surface area contributed by atoms with Crippen molar-refractivity contribution in [1.29, 1.82) is 0 Å². The molecule has 142 valence electrons. The number of rotatable bonds is 5. The second-order valence-electron chi connectivity index (χ2n) is 6.02. The molecule has 0 unspecified atom stereocenters. The second-order valence-corrected chi connectivity index (χ2v) is 6.43. The molecule has 6 nitrogen and oxygen atoms in total. The first-order valence-corrected chi connectivity index (χ1v) is 8.50. The normalized spacial score (nSPS) is 11.4. The lowest BCUT2D eigenvalue weighted by atomic mass is 10.1. The maximum Gasteiger partial charge on any atom is 0.253 e. The third kappa shape index (κ3) is 5.52. The van der Waals surface area contributed by atoms with Gasteiger partial charge in [-0.2, -0.15) is 0 Å². The number of amides is 3. The molecule has 0 aliphatic carbocycles. The van der Waals surface area contributed by atoms with Crippen molar-refractivity contribution < 1.29 is 18.8 Å². The molecule has 27 heavy (non-hydrogen) atoms. The predicted octanol–water partition coefficient (Wildman–Crippen LogP) is 3.50. The SMILES string of the molecule is CC(=O)Nc1ccc(Cl)c(C(=O)N[C@H](C)C(=O)Nc2ccc(F)cc2C)c1. The topological polar surface area (TPSA) is 87.3 Å². The highest BCUT2D eigenvalue weighted by molar-refractivity contribution is 6.34. The summed E-state index contributed by atoms with van der Waals surface area (Å²) in [7, 11) is 0. The maximum absolute atomic E-state index is 13.1. The summed E-state index contributed by atoms with van der Waals surface area (Å²) >= 11 is 6.05. The third-order valence-corrected chi connectivity index (χ3v) is 4.05. The van der Waals surface area contributed by atoms with Gasteiger partial charge in [-0.1, -0.05) is 11.6 Å². The van der Waals surface area contributed by atoms with Crippen molar-refractivity contribution in [3.63, 3.8) is 0 Å². The Kier molecular flexibility index (Phi) is 6.52. The molecule has 0 aromatic heterocycles. The van der Waals surface area contributed by atoms with Gasteiger partial charge in [0.25, 0.3) is 5.91 Å². The van der Waals surface area contributed by atoms with Crippen molar-refractivity contribution in [3.8, 4) is 0 Å². The standard InChI is InChI=1S/C19H19ClFN3O3/c1-10-8-13(21)4-7-17(10)24-18(26)11(2)22-19(27)15-9-14(23-12(3)25)5-6-16(15)20/h4-9,11H,1-3H3,(H,22,27)(H,23,25)(H,24,26)/t11-/m1/s1. The van der Waals surface area contributed by atoms with Crippen LogP contribution in [0.15, 0.2) is 36.4 Å². The van der Waals surface area contributed by atoms with E-state index in [1.54, 1.807) is 13.0 Å². The summed E-state index contributed by atoms with van der Waals surface area (Å²) in [5, 5.41) is 7.93. The van der Waals surface area contributed by atoms with Crippen LogP contribution in [-0.4, -0.2) is 23.8 Å². The molecule has 0 heterocycles. The molecule has 0 saturated heterocycles. The van der Waals surface area contributed by atoms with Crippen LogP contribution in [0.2, 0.25) is 5.02 Å². The van der Waals surface area contributed by atoms with E-state index in [2.05, 4.69) is 16.0 Å². The van der Waals surface area contributed by atoms with Crippen LogP contribution < -0.4 is 16.0 Å². The number of carbonyl (C=O) groups is 3. The predicted molar refractivity (Wildman–Crippen MR) is 102 cm³/mol. The Balaban J connectivity index is 2.08. The van der Waals surface area contributed by atoms with Crippen molar-refractivity contribution in [3.05, 3.63) is 58.4 Å². The Hall–Kier alpha value is -2.93. The molecule has 0 radical (unpaired) electrons. The van der Waals surface area contributed by atoms with Crippen LogP contribution in [0.25, 0.3) is 0 Å². The molecule has 0 spiro atoms. The van der Waals surface area contributed by atoms with Crippen LogP contribution in [0.4, 0.5) is 15.8 Å². The van der Waals surface area contributed by atoms with E-state index in [0.29, 0.717) is 16.9 Å². The van der Waals surface area contributed by atoms with E-state index in [1.165, 1.54) is 44.2 Å². The van der Waals surface area contributed by atoms with Gasteiger partial charge in [0.05, 0.1) is 10.6 Å². The fourth-order valence-corrected chi connectivity index (χ4v) is 2.53. The highest BCUT2D eigenvalue weighted by Crippen LogP contribution is 2.21. The first kappa shape index (κ1) is 20.4. The van der Waals surface area contributed by atoms with Crippen molar-refractivity contribution >= 4 is 40.7 Å². The Morgan fingerprint density at radius 2 is 1.78 bits per heavy atom. The van der Waals surface area contributed by atoms with E-state index < -0.39 is 23.7 Å². The zero-order valence-electron chi connectivity index (χ0n) is 15.0. The molecule has 0 fully saturated rings. The van der Waals surface area contributed by atoms with Crippen LogP contribution in [-0.2, 0) is 9.59 Å². The van der Waals surface area contributed by atoms with Gasteiger partial charge in [-0.25, -0.2) is 4.39 Å². The smallest absolute Gasteiger partial charge is 0.253 e. The van der Waals surface area contributed by atoms with Crippen LogP contribution in [0.5, 0.6) is 0 Å². The largest absolute Gasteiger partial charge is 0.340 e. The van der Waals surface area contributed by atoms with Gasteiger partial charge in [0.1, 0.15) is 11.9 Å². The van der Waals surface area contributed by atoms with Crippen molar-refractivity contribution in [2.24, 2.45) is 0 Å². The van der Waals surface area contributed by atoms with Gasteiger partial charge >= 0.3 is 0 Å². The molecule has 3 amide bonds. The molecule has 0 bridgehead atoms. The monoisotopic (exact) mass is 391 g/mol. The number of carbonyl (C=O) groups excluding carboxylic acids is 3. The molecule has 0 aliphatic rings. The summed E-state index contributed by atoms with van der Waals surface area (Å²) in [6, 6.07) is 7.58. The zero-order valence-corrected chi connectivity index (χ0v) is 15.8. The first-order valence-electron chi connectivity index (χ1n) is 8.12. The average Bonchev–Trinajstić information content (AvgIpc) is 2.58. The van der Waals surface area contributed by atoms with Crippen LogP contribution in [0.1, 0.15) is 29.8 Å². The fraction of sp³-hybridized carbons (Fsp3) is 0.211. The summed E-state index contributed by atoms with van der Waals surface area (Å²) in [6.07, 6.45) is 0. The molecule has 3 N–H and O–H groups in total. The number of aryl methyl sites for hydroxylation is 1. The summed E-state index contributed by atoms with van der Waals surface area (Å²) in [5.74, 6) is -1.72. The molecule has 8 heteroatoms. The minimum Gasteiger partial charge on any atom is -0.340 e. The quantitative estimate of drug-likeness (QED) is 0.729. The highest BCUT2D eigenvalue weighted by Gasteiger charge is 2.19. The van der Waals surface area contributed by atoms with E-state index >= 15 is 0 Å².